The number of pyridine rings is 1. The molecule has 4 nitrogen and oxygen atoms in total. The normalized spacial score (nSPS) is 9.79. The highest BCUT2D eigenvalue weighted by Gasteiger charge is 1.93. The maximum absolute atomic E-state index is 5.69. The number of aromatic nitrogens is 3. The van der Waals surface area contributed by atoms with Gasteiger partial charge < -0.3 is 4.98 Å². The summed E-state index contributed by atoms with van der Waals surface area (Å²) in [7, 11) is 0. The van der Waals surface area contributed by atoms with E-state index >= 15 is 0 Å². The molecule has 2 aromatic rings. The molecule has 0 atom stereocenters. The van der Waals surface area contributed by atoms with Crippen LogP contribution in [0.5, 0.6) is 0 Å². The van der Waals surface area contributed by atoms with Crippen LogP contribution in [-0.2, 0) is 0 Å². The Balaban J connectivity index is 2.19. The van der Waals surface area contributed by atoms with Crippen molar-refractivity contribution in [1.82, 2.24) is 9.97 Å². The van der Waals surface area contributed by atoms with Gasteiger partial charge in [-0.3, -0.25) is 0 Å². The second-order valence-corrected chi connectivity index (χ2v) is 2.94. The Morgan fingerprint density at radius 2 is 1.93 bits per heavy atom. The second-order valence-electron chi connectivity index (χ2n) is 2.55. The van der Waals surface area contributed by atoms with E-state index in [-0.39, 0.29) is 0 Å². The van der Waals surface area contributed by atoms with Gasteiger partial charge in [0.05, 0.1) is 0 Å². The molecule has 0 aliphatic rings. The summed E-state index contributed by atoms with van der Waals surface area (Å²) in [4.78, 5) is 7.72. The molecule has 0 spiro atoms. The molecule has 0 aromatic carbocycles. The van der Waals surface area contributed by atoms with Crippen LogP contribution in [0.25, 0.3) is 5.43 Å². The van der Waals surface area contributed by atoms with Gasteiger partial charge in [-0.05, 0) is 6.07 Å². The Morgan fingerprint density at radius 3 is 2.64 bits per heavy atom. The van der Waals surface area contributed by atoms with E-state index in [9.17, 15) is 0 Å². The van der Waals surface area contributed by atoms with E-state index in [1.807, 2.05) is 30.6 Å². The molecule has 70 valence electrons. The van der Waals surface area contributed by atoms with Gasteiger partial charge in [0.15, 0.2) is 12.4 Å². The summed E-state index contributed by atoms with van der Waals surface area (Å²) < 4.78 is 1.65. The average Bonchev–Trinajstić information content (AvgIpc) is 2.19. The predicted molar refractivity (Wildman–Crippen MR) is 52.1 cm³/mol. The fourth-order valence-electron chi connectivity index (χ4n) is 0.953. The lowest BCUT2D eigenvalue weighted by Crippen LogP contribution is -2.26. The molecule has 2 aromatic heterocycles. The molecule has 5 heteroatoms. The summed E-state index contributed by atoms with van der Waals surface area (Å²) in [5, 5.41) is 0.385. The van der Waals surface area contributed by atoms with Crippen LogP contribution >= 0.6 is 11.6 Å². The summed E-state index contributed by atoms with van der Waals surface area (Å²) in [5.41, 5.74) is 4.18. The van der Waals surface area contributed by atoms with Gasteiger partial charge in [0, 0.05) is 24.3 Å². The highest BCUT2D eigenvalue weighted by Crippen LogP contribution is 2.13. The maximum atomic E-state index is 5.69. The van der Waals surface area contributed by atoms with Crippen LogP contribution in [-0.4, -0.2) is 9.97 Å². The largest absolute Gasteiger partial charge is 0.422 e. The minimum atomic E-state index is 0.385. The first-order valence-electron chi connectivity index (χ1n) is 4.00. The first-order valence-corrected chi connectivity index (χ1v) is 4.38. The molecule has 0 fully saturated rings. The molecule has 0 unspecified atom stereocenters. The molecule has 0 aliphatic carbocycles. The maximum Gasteiger partial charge on any atom is 0.182 e. The van der Waals surface area contributed by atoms with E-state index in [0.29, 0.717) is 11.0 Å². The van der Waals surface area contributed by atoms with Crippen LogP contribution in [0.1, 0.15) is 0 Å². The summed E-state index contributed by atoms with van der Waals surface area (Å²) in [5.74, 6) is 0.529. The van der Waals surface area contributed by atoms with E-state index in [2.05, 4.69) is 15.4 Å². The molecule has 2 heterocycles. The number of nitrogens with zero attached hydrogens (tertiary/aromatic N) is 4. The Bertz CT molecular complexity index is 418. The zero-order valence-electron chi connectivity index (χ0n) is 7.21. The van der Waals surface area contributed by atoms with Crippen molar-refractivity contribution in [1.29, 1.82) is 0 Å². The number of halogens is 1. The van der Waals surface area contributed by atoms with E-state index in [0.717, 1.165) is 0 Å². The van der Waals surface area contributed by atoms with Gasteiger partial charge in [-0.1, -0.05) is 17.7 Å². The monoisotopic (exact) mass is 206 g/mol. The Morgan fingerprint density at radius 1 is 1.14 bits per heavy atom. The van der Waals surface area contributed by atoms with Crippen molar-refractivity contribution in [2.45, 2.75) is 0 Å². The fourth-order valence-corrected chi connectivity index (χ4v) is 1.09. The standard InChI is InChI=1S/C9H7ClN4/c10-8-6-9(12-7-11-8)13-14-4-2-1-3-5-14/h1-7H. The molecule has 0 radical (unpaired) electrons. The molecule has 0 bridgehead atoms. The molecule has 2 rings (SSSR count). The highest BCUT2D eigenvalue weighted by molar-refractivity contribution is 6.29. The fraction of sp³-hybridized carbons (Fsp3) is 0. The van der Waals surface area contributed by atoms with Crippen LogP contribution in [0.3, 0.4) is 0 Å². The van der Waals surface area contributed by atoms with Gasteiger partial charge in [-0.2, -0.15) is 10.1 Å². The lowest BCUT2D eigenvalue weighted by molar-refractivity contribution is -0.619. The third-order valence-corrected chi connectivity index (χ3v) is 1.74. The smallest absolute Gasteiger partial charge is 0.182 e. The van der Waals surface area contributed by atoms with Crippen molar-refractivity contribution >= 4 is 17.4 Å². The first kappa shape index (κ1) is 8.90. The Labute approximate surface area is 86.2 Å². The van der Waals surface area contributed by atoms with Crippen molar-refractivity contribution in [3.05, 3.63) is 53.6 Å². The van der Waals surface area contributed by atoms with Gasteiger partial charge >= 0.3 is 0 Å². The SMILES string of the molecule is Clc1cc([N-][n+]2ccccc2)ncn1. The molecule has 0 saturated heterocycles. The van der Waals surface area contributed by atoms with Crippen molar-refractivity contribution in [2.75, 3.05) is 0 Å². The quantitative estimate of drug-likeness (QED) is 0.556. The highest BCUT2D eigenvalue weighted by atomic mass is 35.5. The first-order chi connectivity index (χ1) is 6.84. The molecule has 0 aliphatic heterocycles. The summed E-state index contributed by atoms with van der Waals surface area (Å²) in [6, 6.07) is 7.28. The number of rotatable bonds is 2. The van der Waals surface area contributed by atoms with Crippen LogP contribution < -0.4 is 4.68 Å². The van der Waals surface area contributed by atoms with Gasteiger partial charge in [0.2, 0.25) is 0 Å². The molecule has 0 amide bonds. The lowest BCUT2D eigenvalue weighted by atomic mass is 10.5. The lowest BCUT2D eigenvalue weighted by Gasteiger charge is -2.06. The van der Waals surface area contributed by atoms with Gasteiger partial charge in [-0.25, -0.2) is 4.98 Å². The molecular formula is C9H7ClN4. The predicted octanol–water partition coefficient (Wildman–Crippen LogP) is 1.89. The third-order valence-electron chi connectivity index (χ3n) is 1.54. The van der Waals surface area contributed by atoms with Crippen LogP contribution in [0.4, 0.5) is 5.82 Å². The summed E-state index contributed by atoms with van der Waals surface area (Å²) in [6.45, 7) is 0. The third kappa shape index (κ3) is 2.17. The van der Waals surface area contributed by atoms with E-state index in [4.69, 9.17) is 11.6 Å². The molecule has 14 heavy (non-hydrogen) atoms. The zero-order valence-corrected chi connectivity index (χ0v) is 7.96. The molecular weight excluding hydrogens is 200 g/mol. The van der Waals surface area contributed by atoms with Crippen molar-refractivity contribution in [3.8, 4) is 0 Å². The summed E-state index contributed by atoms with van der Waals surface area (Å²) >= 11 is 5.69. The van der Waals surface area contributed by atoms with Crippen LogP contribution in [0.15, 0.2) is 43.0 Å². The zero-order chi connectivity index (χ0) is 9.80. The average molecular weight is 207 g/mol. The van der Waals surface area contributed by atoms with E-state index in [1.54, 1.807) is 10.7 Å². The topological polar surface area (TPSA) is 43.8 Å². The minimum absolute atomic E-state index is 0.385. The Hall–Kier alpha value is -1.68. The van der Waals surface area contributed by atoms with Crippen LogP contribution in [0.2, 0.25) is 5.15 Å². The molecule has 0 saturated carbocycles. The van der Waals surface area contributed by atoms with Crippen LogP contribution in [0, 0.1) is 0 Å². The van der Waals surface area contributed by atoms with Crippen molar-refractivity contribution < 1.29 is 4.68 Å². The van der Waals surface area contributed by atoms with Gasteiger partial charge in [0.25, 0.3) is 0 Å². The Kier molecular flexibility index (Phi) is 2.55. The molecule has 0 N–H and O–H groups in total. The van der Waals surface area contributed by atoms with Gasteiger partial charge in [-0.15, -0.1) is 0 Å². The summed E-state index contributed by atoms with van der Waals surface area (Å²) in [6.07, 6.45) is 5.01. The van der Waals surface area contributed by atoms with E-state index < -0.39 is 0 Å². The number of hydrogen-bond acceptors (Lipinski definition) is 2. The van der Waals surface area contributed by atoms with Gasteiger partial charge in [0.1, 0.15) is 5.15 Å². The van der Waals surface area contributed by atoms with E-state index in [1.165, 1.54) is 6.33 Å². The number of hydrogen-bond donors (Lipinski definition) is 0. The van der Waals surface area contributed by atoms with Crippen molar-refractivity contribution in [3.63, 3.8) is 0 Å². The minimum Gasteiger partial charge on any atom is -0.422 e. The van der Waals surface area contributed by atoms with Crippen molar-refractivity contribution in [2.24, 2.45) is 0 Å². The second kappa shape index (κ2) is 4.02.